The fourth-order valence-corrected chi connectivity index (χ4v) is 5.84. The molecular formula is C20H30F2N2O4S. The number of aryl methyl sites for hydroxylation is 3. The van der Waals surface area contributed by atoms with Crippen molar-refractivity contribution >= 4 is 15.9 Å². The summed E-state index contributed by atoms with van der Waals surface area (Å²) in [6.45, 7) is 5.50. The molecule has 1 aliphatic heterocycles. The van der Waals surface area contributed by atoms with Crippen molar-refractivity contribution in [1.82, 2.24) is 9.21 Å². The highest BCUT2D eigenvalue weighted by molar-refractivity contribution is 7.89. The van der Waals surface area contributed by atoms with Crippen LogP contribution in [0.4, 0.5) is 8.78 Å². The van der Waals surface area contributed by atoms with Crippen molar-refractivity contribution < 1.29 is 26.7 Å². The van der Waals surface area contributed by atoms with E-state index in [1.165, 1.54) is 11.4 Å². The Balaban J connectivity index is 2.10. The quantitative estimate of drug-likeness (QED) is 0.634. The first-order valence-corrected chi connectivity index (χ1v) is 11.2. The van der Waals surface area contributed by atoms with Gasteiger partial charge in [-0.25, -0.2) is 17.2 Å². The lowest BCUT2D eigenvalue weighted by atomic mass is 9.96. The van der Waals surface area contributed by atoms with E-state index in [4.69, 9.17) is 4.74 Å². The van der Waals surface area contributed by atoms with Crippen LogP contribution >= 0.6 is 0 Å². The number of alkyl halides is 2. The average Bonchev–Trinajstić information content (AvgIpc) is 2.63. The normalized spacial score (nSPS) is 16.4. The van der Waals surface area contributed by atoms with Crippen LogP contribution in [0.2, 0.25) is 0 Å². The number of benzene rings is 1. The van der Waals surface area contributed by atoms with Crippen molar-refractivity contribution in [1.29, 1.82) is 0 Å². The Labute approximate surface area is 171 Å². The van der Waals surface area contributed by atoms with Gasteiger partial charge >= 0.3 is 0 Å². The number of rotatable bonds is 8. The van der Waals surface area contributed by atoms with Crippen LogP contribution in [0.25, 0.3) is 0 Å². The van der Waals surface area contributed by atoms with E-state index in [0.717, 1.165) is 10.5 Å². The van der Waals surface area contributed by atoms with E-state index in [-0.39, 0.29) is 32.1 Å². The molecule has 0 atom stereocenters. The van der Waals surface area contributed by atoms with Crippen molar-refractivity contribution in [2.45, 2.75) is 44.9 Å². The number of sulfonamides is 1. The number of carbonyl (C=O) groups excluding carboxylic acids is 1. The van der Waals surface area contributed by atoms with Gasteiger partial charge in [0.1, 0.15) is 0 Å². The monoisotopic (exact) mass is 432 g/mol. The SMILES string of the molecule is COCCN(CC(F)F)C(=O)C1CCN(S(=O)(=O)c2c(C)cc(C)cc2C)CC1. The molecule has 0 aromatic heterocycles. The number of ether oxygens (including phenoxy) is 1. The summed E-state index contributed by atoms with van der Waals surface area (Å²) in [4.78, 5) is 14.1. The van der Waals surface area contributed by atoms with Crippen LogP contribution in [0, 0.1) is 26.7 Å². The van der Waals surface area contributed by atoms with Gasteiger partial charge in [0.15, 0.2) is 0 Å². The van der Waals surface area contributed by atoms with Crippen LogP contribution in [0.15, 0.2) is 17.0 Å². The second-order valence-electron chi connectivity index (χ2n) is 7.57. The fraction of sp³-hybridized carbons (Fsp3) is 0.650. The molecule has 164 valence electrons. The maximum Gasteiger partial charge on any atom is 0.255 e. The van der Waals surface area contributed by atoms with E-state index < -0.39 is 28.9 Å². The molecule has 0 spiro atoms. The molecule has 6 nitrogen and oxygen atoms in total. The second-order valence-corrected chi connectivity index (χ2v) is 9.45. The highest BCUT2D eigenvalue weighted by Crippen LogP contribution is 2.29. The molecule has 0 radical (unpaired) electrons. The van der Waals surface area contributed by atoms with Gasteiger partial charge in [-0.2, -0.15) is 4.31 Å². The van der Waals surface area contributed by atoms with E-state index in [0.29, 0.717) is 28.9 Å². The Bertz CT molecular complexity index is 799. The molecule has 0 bridgehead atoms. The summed E-state index contributed by atoms with van der Waals surface area (Å²) in [5.74, 6) is -0.820. The fourth-order valence-electron chi connectivity index (χ4n) is 3.96. The van der Waals surface area contributed by atoms with Gasteiger partial charge in [0, 0.05) is 32.7 Å². The predicted octanol–water partition coefficient (Wildman–Crippen LogP) is 2.75. The maximum absolute atomic E-state index is 13.2. The first kappa shape index (κ1) is 23.7. The van der Waals surface area contributed by atoms with Crippen molar-refractivity contribution in [3.63, 3.8) is 0 Å². The van der Waals surface area contributed by atoms with Crippen molar-refractivity contribution in [3.8, 4) is 0 Å². The number of hydrogen-bond donors (Lipinski definition) is 0. The lowest BCUT2D eigenvalue weighted by molar-refractivity contribution is -0.139. The van der Waals surface area contributed by atoms with Gasteiger partial charge in [-0.05, 0) is 44.7 Å². The number of halogens is 2. The molecule has 1 heterocycles. The number of piperidine rings is 1. The van der Waals surface area contributed by atoms with Crippen LogP contribution in [0.1, 0.15) is 29.5 Å². The Hall–Kier alpha value is -1.58. The van der Waals surface area contributed by atoms with Gasteiger partial charge in [-0.15, -0.1) is 0 Å². The highest BCUT2D eigenvalue weighted by atomic mass is 32.2. The highest BCUT2D eigenvalue weighted by Gasteiger charge is 2.35. The van der Waals surface area contributed by atoms with Crippen molar-refractivity contribution in [3.05, 3.63) is 28.8 Å². The third-order valence-corrected chi connectivity index (χ3v) is 7.45. The Morgan fingerprint density at radius 1 is 1.21 bits per heavy atom. The molecule has 0 unspecified atom stereocenters. The summed E-state index contributed by atoms with van der Waals surface area (Å²) in [5, 5.41) is 0. The summed E-state index contributed by atoms with van der Waals surface area (Å²) >= 11 is 0. The minimum atomic E-state index is -3.67. The summed E-state index contributed by atoms with van der Waals surface area (Å²) < 4.78 is 58.3. The van der Waals surface area contributed by atoms with Crippen LogP contribution in [-0.2, 0) is 19.6 Å². The van der Waals surface area contributed by atoms with Gasteiger partial charge in [-0.1, -0.05) is 17.7 Å². The third-order valence-electron chi connectivity index (χ3n) is 5.24. The van der Waals surface area contributed by atoms with Crippen LogP contribution in [-0.4, -0.2) is 69.9 Å². The lowest BCUT2D eigenvalue weighted by Crippen LogP contribution is -2.46. The first-order valence-electron chi connectivity index (χ1n) is 9.71. The molecular weight excluding hydrogens is 402 g/mol. The standard InChI is InChI=1S/C20H30F2N2O4S/c1-14-11-15(2)19(16(3)12-14)29(26,27)24-7-5-17(6-8-24)20(25)23(9-10-28-4)13-18(21)22/h11-12,17-18H,5-10,13H2,1-4H3. The molecule has 1 aromatic carbocycles. The van der Waals surface area contributed by atoms with Gasteiger partial charge in [0.05, 0.1) is 18.0 Å². The Morgan fingerprint density at radius 2 is 1.76 bits per heavy atom. The molecule has 0 aliphatic carbocycles. The van der Waals surface area contributed by atoms with E-state index in [1.807, 2.05) is 19.1 Å². The summed E-state index contributed by atoms with van der Waals surface area (Å²) in [5.41, 5.74) is 2.39. The first-order chi connectivity index (χ1) is 13.6. The number of nitrogens with zero attached hydrogens (tertiary/aromatic N) is 2. The average molecular weight is 433 g/mol. The van der Waals surface area contributed by atoms with Crippen molar-refractivity contribution in [2.75, 3.05) is 39.9 Å². The molecule has 1 aliphatic rings. The zero-order valence-electron chi connectivity index (χ0n) is 17.5. The van der Waals surface area contributed by atoms with Crippen LogP contribution in [0.5, 0.6) is 0 Å². The largest absolute Gasteiger partial charge is 0.383 e. The van der Waals surface area contributed by atoms with Crippen molar-refractivity contribution in [2.24, 2.45) is 5.92 Å². The smallest absolute Gasteiger partial charge is 0.255 e. The Kier molecular flexibility index (Phi) is 8.13. The minimum absolute atomic E-state index is 0.0972. The molecule has 29 heavy (non-hydrogen) atoms. The summed E-state index contributed by atoms with van der Waals surface area (Å²) in [7, 11) is -2.23. The van der Waals surface area contributed by atoms with E-state index in [2.05, 4.69) is 0 Å². The van der Waals surface area contributed by atoms with E-state index in [1.54, 1.807) is 13.8 Å². The number of hydrogen-bond acceptors (Lipinski definition) is 4. The molecule has 9 heteroatoms. The van der Waals surface area contributed by atoms with Gasteiger partial charge in [0.2, 0.25) is 15.9 Å². The summed E-state index contributed by atoms with van der Waals surface area (Å²) in [6.07, 6.45) is -1.99. The van der Waals surface area contributed by atoms with Gasteiger partial charge in [-0.3, -0.25) is 4.79 Å². The topological polar surface area (TPSA) is 66.9 Å². The number of methoxy groups -OCH3 is 1. The molecule has 1 fully saturated rings. The van der Waals surface area contributed by atoms with Crippen LogP contribution < -0.4 is 0 Å². The van der Waals surface area contributed by atoms with Crippen LogP contribution in [0.3, 0.4) is 0 Å². The molecule has 2 rings (SSSR count). The summed E-state index contributed by atoms with van der Waals surface area (Å²) in [6, 6.07) is 3.68. The number of carbonyl (C=O) groups is 1. The van der Waals surface area contributed by atoms with E-state index in [9.17, 15) is 22.0 Å². The predicted molar refractivity (Wildman–Crippen MR) is 107 cm³/mol. The van der Waals surface area contributed by atoms with Gasteiger partial charge < -0.3 is 9.64 Å². The molecule has 0 saturated carbocycles. The van der Waals surface area contributed by atoms with E-state index >= 15 is 0 Å². The molecule has 1 saturated heterocycles. The zero-order chi connectivity index (χ0) is 21.8. The minimum Gasteiger partial charge on any atom is -0.383 e. The molecule has 1 aromatic rings. The second kappa shape index (κ2) is 9.95. The van der Waals surface area contributed by atoms with Gasteiger partial charge in [0.25, 0.3) is 6.43 Å². The maximum atomic E-state index is 13.2. The Morgan fingerprint density at radius 3 is 2.24 bits per heavy atom. The lowest BCUT2D eigenvalue weighted by Gasteiger charge is -2.34. The molecule has 0 N–H and O–H groups in total. The zero-order valence-corrected chi connectivity index (χ0v) is 18.3. The third kappa shape index (κ3) is 5.73. The molecule has 1 amide bonds. The number of amides is 1.